The number of ether oxygens (including phenoxy) is 8. The summed E-state index contributed by atoms with van der Waals surface area (Å²) in [6.07, 6.45) is 22.4. The van der Waals surface area contributed by atoms with Crippen LogP contribution >= 0.6 is 22.6 Å². The van der Waals surface area contributed by atoms with Crippen molar-refractivity contribution < 1.29 is 42.7 Å². The van der Waals surface area contributed by atoms with Gasteiger partial charge in [0.25, 0.3) is 0 Å². The number of alkyl halides is 1. The van der Waals surface area contributed by atoms with E-state index in [2.05, 4.69) is 29.5 Å². The molecule has 46 heavy (non-hydrogen) atoms. The minimum Gasteiger partial charge on any atom is -0.463 e. The SMILES string of the molecule is CCCCCCCCCCCCCCCC(=O)OCCOCCOCCOCCOCCOCCOCCOCCCCCCI. The molecule has 0 aromatic carbocycles. The normalized spacial score (nSPS) is 11.4. The van der Waals surface area contributed by atoms with Gasteiger partial charge in [-0.05, 0) is 23.7 Å². The highest BCUT2D eigenvalue weighted by molar-refractivity contribution is 14.1. The molecule has 0 saturated heterocycles. The number of halogens is 1. The Labute approximate surface area is 296 Å². The largest absolute Gasteiger partial charge is 0.463 e. The molecule has 0 N–H and O–H groups in total. The highest BCUT2D eigenvalue weighted by Gasteiger charge is 2.03. The first-order chi connectivity index (χ1) is 22.8. The lowest BCUT2D eigenvalue weighted by molar-refractivity contribution is -0.145. The monoisotopic (exact) mass is 774 g/mol. The summed E-state index contributed by atoms with van der Waals surface area (Å²) in [6, 6.07) is 0. The number of unbranched alkanes of at least 4 members (excludes halogenated alkanes) is 15. The van der Waals surface area contributed by atoms with E-state index >= 15 is 0 Å². The molecule has 0 radical (unpaired) electrons. The van der Waals surface area contributed by atoms with Crippen molar-refractivity contribution >= 4 is 28.6 Å². The van der Waals surface area contributed by atoms with Crippen LogP contribution in [0.3, 0.4) is 0 Å². The molecule has 276 valence electrons. The van der Waals surface area contributed by atoms with E-state index in [9.17, 15) is 4.79 Å². The summed E-state index contributed by atoms with van der Waals surface area (Å²) in [6.45, 7) is 10.3. The van der Waals surface area contributed by atoms with Gasteiger partial charge in [0.05, 0.1) is 85.9 Å². The van der Waals surface area contributed by atoms with Crippen LogP contribution in [-0.2, 0) is 42.7 Å². The number of carbonyl (C=O) groups excluding carboxylic acids is 1. The van der Waals surface area contributed by atoms with Crippen molar-refractivity contribution in [3.05, 3.63) is 0 Å². The average molecular weight is 775 g/mol. The summed E-state index contributed by atoms with van der Waals surface area (Å²) < 4.78 is 45.0. The Morgan fingerprint density at radius 1 is 0.370 bits per heavy atom. The van der Waals surface area contributed by atoms with Crippen LogP contribution in [0.25, 0.3) is 0 Å². The molecule has 0 amide bonds. The topological polar surface area (TPSA) is 90.9 Å². The number of rotatable bonds is 41. The van der Waals surface area contributed by atoms with E-state index in [1.165, 1.54) is 94.3 Å². The molecule has 9 nitrogen and oxygen atoms in total. The fourth-order valence-corrected chi connectivity index (χ4v) is 5.19. The Balaban J connectivity index is 3.12. The van der Waals surface area contributed by atoms with E-state index < -0.39 is 0 Å². The van der Waals surface area contributed by atoms with Gasteiger partial charge in [-0.3, -0.25) is 4.79 Å². The zero-order chi connectivity index (χ0) is 33.3. The first-order valence-electron chi connectivity index (χ1n) is 18.6. The second-order valence-corrected chi connectivity index (χ2v) is 12.7. The molecule has 0 aromatic heterocycles. The van der Waals surface area contributed by atoms with E-state index in [0.29, 0.717) is 98.9 Å². The smallest absolute Gasteiger partial charge is 0.305 e. The van der Waals surface area contributed by atoms with Crippen LogP contribution in [-0.4, -0.2) is 110 Å². The lowest BCUT2D eigenvalue weighted by Gasteiger charge is -2.09. The number of hydrogen-bond acceptors (Lipinski definition) is 9. The summed E-state index contributed by atoms with van der Waals surface area (Å²) >= 11 is 2.42. The maximum atomic E-state index is 11.8. The molecule has 0 heterocycles. The van der Waals surface area contributed by atoms with Crippen molar-refractivity contribution in [1.82, 2.24) is 0 Å². The van der Waals surface area contributed by atoms with Crippen LogP contribution in [0, 0.1) is 0 Å². The zero-order valence-corrected chi connectivity index (χ0v) is 31.8. The van der Waals surface area contributed by atoms with Crippen LogP contribution in [0.2, 0.25) is 0 Å². The fraction of sp³-hybridized carbons (Fsp3) is 0.972. The Hall–Kier alpha value is -0.0800. The Morgan fingerprint density at radius 2 is 0.674 bits per heavy atom. The lowest BCUT2D eigenvalue weighted by Crippen LogP contribution is -2.15. The molecule has 0 saturated carbocycles. The van der Waals surface area contributed by atoms with Gasteiger partial charge < -0.3 is 37.9 Å². The first kappa shape index (κ1) is 45.9. The van der Waals surface area contributed by atoms with E-state index in [4.69, 9.17) is 37.9 Å². The van der Waals surface area contributed by atoms with Gasteiger partial charge in [-0.25, -0.2) is 0 Å². The van der Waals surface area contributed by atoms with Crippen molar-refractivity contribution in [3.63, 3.8) is 0 Å². The quantitative estimate of drug-likeness (QED) is 0.0265. The van der Waals surface area contributed by atoms with Crippen molar-refractivity contribution in [2.75, 3.05) is 104 Å². The molecule has 0 aliphatic rings. The molecular weight excluding hydrogens is 703 g/mol. The third-order valence-electron chi connectivity index (χ3n) is 7.38. The van der Waals surface area contributed by atoms with Crippen molar-refractivity contribution in [2.45, 2.75) is 122 Å². The van der Waals surface area contributed by atoms with E-state index in [0.717, 1.165) is 25.9 Å². The first-order valence-corrected chi connectivity index (χ1v) is 20.1. The minimum absolute atomic E-state index is 0.124. The summed E-state index contributed by atoms with van der Waals surface area (Å²) in [4.78, 5) is 11.8. The minimum atomic E-state index is -0.124. The van der Waals surface area contributed by atoms with Gasteiger partial charge in [-0.15, -0.1) is 0 Å². The Bertz CT molecular complexity index is 572. The number of hydrogen-bond donors (Lipinski definition) is 0. The second-order valence-electron chi connectivity index (χ2n) is 11.6. The van der Waals surface area contributed by atoms with Crippen molar-refractivity contribution in [2.24, 2.45) is 0 Å². The summed E-state index contributed by atoms with van der Waals surface area (Å²) in [7, 11) is 0. The molecule has 0 unspecified atom stereocenters. The average Bonchev–Trinajstić information content (AvgIpc) is 3.06. The van der Waals surface area contributed by atoms with Gasteiger partial charge in [0, 0.05) is 13.0 Å². The fourth-order valence-electron chi connectivity index (χ4n) is 4.65. The Kier molecular flexibility index (Phi) is 42.9. The van der Waals surface area contributed by atoms with Crippen molar-refractivity contribution in [1.29, 1.82) is 0 Å². The highest BCUT2D eigenvalue weighted by Crippen LogP contribution is 2.13. The predicted octanol–water partition coefficient (Wildman–Crippen LogP) is 8.12. The van der Waals surface area contributed by atoms with E-state index in [1.54, 1.807) is 0 Å². The van der Waals surface area contributed by atoms with E-state index in [-0.39, 0.29) is 5.97 Å². The van der Waals surface area contributed by atoms with Crippen LogP contribution < -0.4 is 0 Å². The molecule has 0 fully saturated rings. The van der Waals surface area contributed by atoms with Gasteiger partial charge in [0.15, 0.2) is 0 Å². The van der Waals surface area contributed by atoms with Crippen LogP contribution in [0.4, 0.5) is 0 Å². The number of esters is 1. The molecule has 0 atom stereocenters. The van der Waals surface area contributed by atoms with Gasteiger partial charge in [-0.2, -0.15) is 0 Å². The van der Waals surface area contributed by atoms with Crippen molar-refractivity contribution in [3.8, 4) is 0 Å². The van der Waals surface area contributed by atoms with Gasteiger partial charge in [-0.1, -0.05) is 119 Å². The zero-order valence-electron chi connectivity index (χ0n) is 29.6. The molecule has 0 aliphatic heterocycles. The third-order valence-corrected chi connectivity index (χ3v) is 8.14. The van der Waals surface area contributed by atoms with Gasteiger partial charge in [0.1, 0.15) is 6.61 Å². The summed E-state index contributed by atoms with van der Waals surface area (Å²) in [5, 5.41) is 0. The van der Waals surface area contributed by atoms with Crippen LogP contribution in [0.5, 0.6) is 0 Å². The number of carbonyl (C=O) groups is 1. The molecular formula is C36H71IO9. The lowest BCUT2D eigenvalue weighted by atomic mass is 10.0. The van der Waals surface area contributed by atoms with Gasteiger partial charge in [0.2, 0.25) is 0 Å². The second kappa shape index (κ2) is 42.9. The molecule has 0 bridgehead atoms. The maximum Gasteiger partial charge on any atom is 0.305 e. The van der Waals surface area contributed by atoms with Crippen LogP contribution in [0.15, 0.2) is 0 Å². The molecule has 10 heteroatoms. The molecule has 0 aliphatic carbocycles. The summed E-state index contributed by atoms with van der Waals surface area (Å²) in [5.41, 5.74) is 0. The standard InChI is InChI=1S/C36H71IO9/c1-2-3-4-5-6-7-8-9-10-11-12-13-16-19-36(38)46-35-34-45-33-32-44-31-30-43-29-28-42-27-26-41-25-24-40-23-22-39-21-18-15-14-17-20-37/h2-35H2,1H3. The third kappa shape index (κ3) is 41.9. The summed E-state index contributed by atoms with van der Waals surface area (Å²) in [5.74, 6) is -0.124. The predicted molar refractivity (Wildman–Crippen MR) is 194 cm³/mol. The van der Waals surface area contributed by atoms with Crippen LogP contribution in [0.1, 0.15) is 122 Å². The molecule has 0 rings (SSSR count). The molecule has 0 aromatic rings. The Morgan fingerprint density at radius 3 is 1.07 bits per heavy atom. The van der Waals surface area contributed by atoms with E-state index in [1.807, 2.05) is 0 Å². The maximum absolute atomic E-state index is 11.8. The van der Waals surface area contributed by atoms with Gasteiger partial charge >= 0.3 is 5.97 Å². The highest BCUT2D eigenvalue weighted by atomic mass is 127. The molecule has 0 spiro atoms.